The molecule has 0 aliphatic heterocycles. The maximum Gasteiger partial charge on any atom is 0.416 e. The number of aromatic nitrogens is 3. The molecule has 1 unspecified atom stereocenters. The molecule has 2 aromatic heterocycles. The van der Waals surface area contributed by atoms with Crippen LogP contribution in [0, 0.1) is 6.92 Å². The molecule has 0 fully saturated rings. The van der Waals surface area contributed by atoms with Gasteiger partial charge in [-0.2, -0.15) is 18.2 Å². The van der Waals surface area contributed by atoms with Crippen LogP contribution < -0.4 is 5.32 Å². The summed E-state index contributed by atoms with van der Waals surface area (Å²) >= 11 is 1.27. The van der Waals surface area contributed by atoms with Crippen LogP contribution in [0.2, 0.25) is 0 Å². The van der Waals surface area contributed by atoms with Crippen LogP contribution in [-0.2, 0) is 17.4 Å². The lowest BCUT2D eigenvalue weighted by Gasteiger charge is -2.12. The van der Waals surface area contributed by atoms with Gasteiger partial charge < -0.3 is 9.84 Å². The molecule has 1 amide bonds. The number of thiazole rings is 1. The summed E-state index contributed by atoms with van der Waals surface area (Å²) in [7, 11) is 0. The number of carbonyl (C=O) groups excluding carboxylic acids is 1. The highest BCUT2D eigenvalue weighted by molar-refractivity contribution is 7.13. The van der Waals surface area contributed by atoms with E-state index in [9.17, 15) is 18.0 Å². The van der Waals surface area contributed by atoms with Crippen molar-refractivity contribution in [2.45, 2.75) is 38.9 Å². The van der Waals surface area contributed by atoms with E-state index in [4.69, 9.17) is 4.52 Å². The third kappa shape index (κ3) is 4.75. The first-order valence-electron chi connectivity index (χ1n) is 8.48. The number of aryl methyl sites for hydroxylation is 1. The zero-order valence-electron chi connectivity index (χ0n) is 15.1. The molecule has 3 aromatic rings. The van der Waals surface area contributed by atoms with E-state index in [-0.39, 0.29) is 18.4 Å². The summed E-state index contributed by atoms with van der Waals surface area (Å²) in [6.07, 6.45) is -3.74. The molecule has 0 aliphatic carbocycles. The van der Waals surface area contributed by atoms with Crippen molar-refractivity contribution in [2.75, 3.05) is 0 Å². The van der Waals surface area contributed by atoms with Crippen LogP contribution in [0.15, 0.2) is 34.2 Å². The number of nitrogens with zero attached hydrogens (tertiary/aromatic N) is 3. The Hall–Kier alpha value is -2.75. The number of hydrogen-bond acceptors (Lipinski definition) is 6. The van der Waals surface area contributed by atoms with Gasteiger partial charge in [0, 0.05) is 17.9 Å². The lowest BCUT2D eigenvalue weighted by molar-refractivity contribution is -0.137. The maximum atomic E-state index is 12.7. The summed E-state index contributed by atoms with van der Waals surface area (Å²) in [6.45, 7) is 3.56. The van der Waals surface area contributed by atoms with Gasteiger partial charge >= 0.3 is 6.18 Å². The van der Waals surface area contributed by atoms with E-state index < -0.39 is 11.7 Å². The molecule has 1 N–H and O–H groups in total. The lowest BCUT2D eigenvalue weighted by atomic mass is 10.1. The predicted molar refractivity (Wildman–Crippen MR) is 96.5 cm³/mol. The zero-order chi connectivity index (χ0) is 20.3. The summed E-state index contributed by atoms with van der Waals surface area (Å²) in [5.41, 5.74) is 0.393. The van der Waals surface area contributed by atoms with Gasteiger partial charge in [0.1, 0.15) is 5.01 Å². The molecule has 3 rings (SSSR count). The summed E-state index contributed by atoms with van der Waals surface area (Å²) in [6, 6.07) is 4.41. The number of carbonyl (C=O) groups is 1. The minimum absolute atomic E-state index is 0.0461. The van der Waals surface area contributed by atoms with Gasteiger partial charge in [0.05, 0.1) is 23.7 Å². The molecule has 28 heavy (non-hydrogen) atoms. The van der Waals surface area contributed by atoms with E-state index in [0.29, 0.717) is 34.4 Å². The Bertz CT molecular complexity index is 950. The number of hydrogen-bond donors (Lipinski definition) is 1. The Morgan fingerprint density at radius 1 is 1.25 bits per heavy atom. The number of alkyl halides is 3. The van der Waals surface area contributed by atoms with E-state index in [1.54, 1.807) is 12.3 Å². The van der Waals surface area contributed by atoms with Gasteiger partial charge in [-0.25, -0.2) is 4.98 Å². The van der Waals surface area contributed by atoms with E-state index in [1.807, 2.05) is 6.92 Å². The van der Waals surface area contributed by atoms with Crippen molar-refractivity contribution in [3.63, 3.8) is 0 Å². The smallest absolute Gasteiger partial charge is 0.346 e. The fraction of sp³-hybridized carbons (Fsp3) is 0.333. The second kappa shape index (κ2) is 8.09. The molecule has 0 spiro atoms. The third-order valence-corrected chi connectivity index (χ3v) is 4.89. The van der Waals surface area contributed by atoms with E-state index in [2.05, 4.69) is 20.4 Å². The number of nitrogens with one attached hydrogen (secondary N) is 1. The predicted octanol–water partition coefficient (Wildman–Crippen LogP) is 4.33. The van der Waals surface area contributed by atoms with Crippen LogP contribution >= 0.6 is 11.3 Å². The molecule has 0 aliphatic rings. The van der Waals surface area contributed by atoms with Crippen molar-refractivity contribution in [2.24, 2.45) is 0 Å². The Balaban J connectivity index is 1.64. The summed E-state index contributed by atoms with van der Waals surface area (Å²) < 4.78 is 42.9. The molecule has 0 saturated carbocycles. The van der Waals surface area contributed by atoms with Gasteiger partial charge in [0.15, 0.2) is 5.82 Å². The standard InChI is InChI=1S/C18H17F3N4O2S/c1-3-14(16-22-10(2)27-25-16)24-15(26)8-13-9-28-17(23-13)11-4-6-12(7-5-11)18(19,20)21/h4-7,9,14H,3,8H2,1-2H3,(H,24,26). The molecular formula is C18H17F3N4O2S. The minimum atomic E-state index is -4.38. The first-order chi connectivity index (χ1) is 13.3. The van der Waals surface area contributed by atoms with Crippen LogP contribution in [0.5, 0.6) is 0 Å². The highest BCUT2D eigenvalue weighted by Crippen LogP contribution is 2.31. The molecule has 148 valence electrons. The van der Waals surface area contributed by atoms with Gasteiger partial charge in [-0.05, 0) is 18.6 Å². The monoisotopic (exact) mass is 410 g/mol. The highest BCUT2D eigenvalue weighted by atomic mass is 32.1. The molecule has 2 heterocycles. The summed E-state index contributed by atoms with van der Waals surface area (Å²) in [5, 5.41) is 8.92. The fourth-order valence-corrected chi connectivity index (χ4v) is 3.36. The van der Waals surface area contributed by atoms with Crippen LogP contribution in [0.1, 0.15) is 42.4 Å². The molecule has 0 saturated heterocycles. The van der Waals surface area contributed by atoms with E-state index in [0.717, 1.165) is 12.1 Å². The maximum absolute atomic E-state index is 12.7. The average molecular weight is 410 g/mol. The van der Waals surface area contributed by atoms with Crippen LogP contribution in [0.25, 0.3) is 10.6 Å². The quantitative estimate of drug-likeness (QED) is 0.654. The lowest BCUT2D eigenvalue weighted by Crippen LogP contribution is -2.30. The number of rotatable bonds is 6. The Morgan fingerprint density at radius 2 is 1.96 bits per heavy atom. The summed E-state index contributed by atoms with van der Waals surface area (Å²) in [4.78, 5) is 20.8. The third-order valence-electron chi connectivity index (χ3n) is 3.95. The van der Waals surface area contributed by atoms with E-state index >= 15 is 0 Å². The van der Waals surface area contributed by atoms with Crippen LogP contribution in [0.3, 0.4) is 0 Å². The van der Waals surface area contributed by atoms with Gasteiger partial charge in [-0.1, -0.05) is 24.2 Å². The van der Waals surface area contributed by atoms with Crippen molar-refractivity contribution in [3.05, 3.63) is 52.6 Å². The van der Waals surface area contributed by atoms with Crippen LogP contribution in [0.4, 0.5) is 13.2 Å². The largest absolute Gasteiger partial charge is 0.416 e. The second-order valence-corrected chi connectivity index (χ2v) is 6.95. The Morgan fingerprint density at radius 3 is 2.54 bits per heavy atom. The average Bonchev–Trinajstić information content (AvgIpc) is 3.28. The molecule has 0 bridgehead atoms. The number of halogens is 3. The first kappa shape index (κ1) is 20.0. The van der Waals surface area contributed by atoms with E-state index in [1.165, 1.54) is 23.5 Å². The topological polar surface area (TPSA) is 80.9 Å². The molecule has 6 nitrogen and oxygen atoms in total. The van der Waals surface area contributed by atoms with Crippen molar-refractivity contribution in [1.29, 1.82) is 0 Å². The number of amides is 1. The van der Waals surface area contributed by atoms with Gasteiger partial charge in [0.2, 0.25) is 11.8 Å². The molecule has 1 atom stereocenters. The molecule has 10 heteroatoms. The van der Waals surface area contributed by atoms with Crippen molar-refractivity contribution < 1.29 is 22.5 Å². The highest BCUT2D eigenvalue weighted by Gasteiger charge is 2.30. The van der Waals surface area contributed by atoms with Crippen molar-refractivity contribution in [3.8, 4) is 10.6 Å². The summed E-state index contributed by atoms with van der Waals surface area (Å²) in [5.74, 6) is 0.582. The fourth-order valence-electron chi connectivity index (χ4n) is 2.54. The minimum Gasteiger partial charge on any atom is -0.346 e. The normalized spacial score (nSPS) is 12.8. The second-order valence-electron chi connectivity index (χ2n) is 6.10. The molecule has 0 radical (unpaired) electrons. The molecule has 1 aromatic carbocycles. The van der Waals surface area contributed by atoms with Crippen molar-refractivity contribution in [1.82, 2.24) is 20.4 Å². The first-order valence-corrected chi connectivity index (χ1v) is 9.36. The van der Waals surface area contributed by atoms with Crippen LogP contribution in [-0.4, -0.2) is 21.0 Å². The molecular weight excluding hydrogens is 393 g/mol. The Kier molecular flexibility index (Phi) is 5.78. The Labute approximate surface area is 162 Å². The SMILES string of the molecule is CCC(NC(=O)Cc1csc(-c2ccc(C(F)(F)F)cc2)n1)c1noc(C)n1. The van der Waals surface area contributed by atoms with Gasteiger partial charge in [-0.15, -0.1) is 11.3 Å². The van der Waals surface area contributed by atoms with Gasteiger partial charge in [0.25, 0.3) is 0 Å². The van der Waals surface area contributed by atoms with Gasteiger partial charge in [-0.3, -0.25) is 4.79 Å². The zero-order valence-corrected chi connectivity index (χ0v) is 15.9. The number of benzene rings is 1. The van der Waals surface area contributed by atoms with Crippen molar-refractivity contribution >= 4 is 17.2 Å².